The van der Waals surface area contributed by atoms with Crippen LogP contribution in [0.1, 0.15) is 28.1 Å². The fraction of sp³-hybridized carbons (Fsp3) is 0.304. The molecule has 1 heterocycles. The summed E-state index contributed by atoms with van der Waals surface area (Å²) in [6.07, 6.45) is 0.751. The van der Waals surface area contributed by atoms with E-state index in [4.69, 9.17) is 4.42 Å². The average Bonchev–Trinajstić information content (AvgIpc) is 3.04. The number of benzene rings is 2. The Labute approximate surface area is 174 Å². The Hall–Kier alpha value is -2.73. The zero-order valence-corrected chi connectivity index (χ0v) is 17.8. The Morgan fingerprint density at radius 1 is 1.07 bits per heavy atom. The summed E-state index contributed by atoms with van der Waals surface area (Å²) in [5.41, 5.74) is 5.01. The van der Waals surface area contributed by atoms with Gasteiger partial charge in [-0.2, -0.15) is 0 Å². The molecule has 0 aliphatic carbocycles. The van der Waals surface area contributed by atoms with Gasteiger partial charge >= 0.3 is 0 Å². The maximum Gasteiger partial charge on any atom is 0.232 e. The number of amides is 1. The molecule has 0 bridgehead atoms. The van der Waals surface area contributed by atoms with Crippen molar-refractivity contribution in [3.63, 3.8) is 0 Å². The van der Waals surface area contributed by atoms with Gasteiger partial charge < -0.3 is 9.73 Å². The summed E-state index contributed by atoms with van der Waals surface area (Å²) >= 11 is 0. The second-order valence-corrected chi connectivity index (χ2v) is 8.66. The van der Waals surface area contributed by atoms with Crippen LogP contribution in [0.5, 0.6) is 0 Å². The lowest BCUT2D eigenvalue weighted by Gasteiger charge is -2.05. The number of carbonyl (C=O) groups is 1. The van der Waals surface area contributed by atoms with Crippen molar-refractivity contribution in [3.8, 4) is 11.5 Å². The summed E-state index contributed by atoms with van der Waals surface area (Å²) < 4.78 is 18.2. The molecule has 152 valence electrons. The molecule has 0 radical (unpaired) electrons. The van der Waals surface area contributed by atoms with Gasteiger partial charge in [-0.05, 0) is 44.9 Å². The molecule has 0 aliphatic rings. The van der Waals surface area contributed by atoms with Crippen LogP contribution in [-0.4, -0.2) is 27.4 Å². The second kappa shape index (κ2) is 9.65. The van der Waals surface area contributed by atoms with Crippen LogP contribution in [0.25, 0.3) is 11.5 Å². The fourth-order valence-electron chi connectivity index (χ4n) is 2.97. The summed E-state index contributed by atoms with van der Waals surface area (Å²) in [5.74, 6) is 1.10. The van der Waals surface area contributed by atoms with E-state index >= 15 is 0 Å². The van der Waals surface area contributed by atoms with Crippen molar-refractivity contribution < 1.29 is 13.4 Å². The zero-order chi connectivity index (χ0) is 20.8. The lowest BCUT2D eigenvalue weighted by molar-refractivity contribution is -0.118. The van der Waals surface area contributed by atoms with E-state index in [2.05, 4.69) is 34.6 Å². The number of rotatable bonds is 8. The molecule has 6 heteroatoms. The maximum atomic E-state index is 12.4. The molecule has 1 N–H and O–H groups in total. The highest BCUT2D eigenvalue weighted by molar-refractivity contribution is 7.84. The molecule has 0 fully saturated rings. The molecular weight excluding hydrogens is 384 g/mol. The Morgan fingerprint density at radius 2 is 1.83 bits per heavy atom. The molecule has 0 saturated heterocycles. The first kappa shape index (κ1) is 21.0. The molecule has 0 aliphatic heterocycles. The van der Waals surface area contributed by atoms with Gasteiger partial charge in [0.2, 0.25) is 11.8 Å². The highest BCUT2D eigenvalue weighted by Gasteiger charge is 2.16. The molecule has 3 aromatic rings. The van der Waals surface area contributed by atoms with E-state index in [1.807, 2.05) is 38.1 Å². The van der Waals surface area contributed by atoms with Gasteiger partial charge in [-0.15, -0.1) is 0 Å². The van der Waals surface area contributed by atoms with Crippen LogP contribution in [0.4, 0.5) is 0 Å². The molecular formula is C23H26N2O3S. The van der Waals surface area contributed by atoms with Crippen LogP contribution in [-0.2, 0) is 27.8 Å². The Morgan fingerprint density at radius 3 is 2.55 bits per heavy atom. The SMILES string of the molecule is Cc1ccc(CCNC(=O)C[S@@](=O)Cc2nc(-c3cccc(C)c3)oc2C)cc1. The molecule has 1 amide bonds. The fourth-order valence-corrected chi connectivity index (χ4v) is 4.03. The van der Waals surface area contributed by atoms with E-state index < -0.39 is 10.8 Å². The lowest BCUT2D eigenvalue weighted by Crippen LogP contribution is -2.30. The molecule has 1 aromatic heterocycles. The van der Waals surface area contributed by atoms with Crippen molar-refractivity contribution in [2.24, 2.45) is 0 Å². The van der Waals surface area contributed by atoms with E-state index in [9.17, 15) is 9.00 Å². The van der Waals surface area contributed by atoms with E-state index in [1.165, 1.54) is 11.1 Å². The van der Waals surface area contributed by atoms with Crippen molar-refractivity contribution in [1.29, 1.82) is 0 Å². The first-order valence-corrected chi connectivity index (χ1v) is 11.1. The van der Waals surface area contributed by atoms with Crippen molar-refractivity contribution in [2.75, 3.05) is 12.3 Å². The Kier molecular flexibility index (Phi) is 6.99. The number of carbonyl (C=O) groups excluding carboxylic acids is 1. The van der Waals surface area contributed by atoms with Crippen molar-refractivity contribution in [1.82, 2.24) is 10.3 Å². The zero-order valence-electron chi connectivity index (χ0n) is 17.0. The van der Waals surface area contributed by atoms with Crippen LogP contribution in [0, 0.1) is 20.8 Å². The van der Waals surface area contributed by atoms with E-state index in [1.54, 1.807) is 6.92 Å². The predicted octanol–water partition coefficient (Wildman–Crippen LogP) is 3.87. The largest absolute Gasteiger partial charge is 0.441 e. The molecule has 0 spiro atoms. The number of nitrogens with one attached hydrogen (secondary N) is 1. The number of nitrogens with zero attached hydrogens (tertiary/aromatic N) is 1. The first-order chi connectivity index (χ1) is 13.9. The number of hydrogen-bond acceptors (Lipinski definition) is 4. The minimum absolute atomic E-state index is 0.0417. The number of hydrogen-bond donors (Lipinski definition) is 1. The lowest BCUT2D eigenvalue weighted by atomic mass is 10.1. The normalized spacial score (nSPS) is 12.0. The van der Waals surface area contributed by atoms with Gasteiger partial charge in [-0.1, -0.05) is 47.5 Å². The number of aryl methyl sites for hydroxylation is 3. The van der Waals surface area contributed by atoms with Crippen molar-refractivity contribution >= 4 is 16.7 Å². The molecule has 0 unspecified atom stereocenters. The Bertz CT molecular complexity index is 1010. The molecule has 3 rings (SSSR count). The predicted molar refractivity (Wildman–Crippen MR) is 116 cm³/mol. The third-order valence-electron chi connectivity index (χ3n) is 4.60. The van der Waals surface area contributed by atoms with Crippen LogP contribution in [0.2, 0.25) is 0 Å². The smallest absolute Gasteiger partial charge is 0.232 e. The molecule has 0 saturated carbocycles. The highest BCUT2D eigenvalue weighted by Crippen LogP contribution is 2.23. The number of oxazole rings is 1. The van der Waals surface area contributed by atoms with E-state index in [0.717, 1.165) is 17.5 Å². The topological polar surface area (TPSA) is 72.2 Å². The summed E-state index contributed by atoms with van der Waals surface area (Å²) in [6.45, 7) is 6.38. The van der Waals surface area contributed by atoms with Crippen LogP contribution >= 0.6 is 0 Å². The van der Waals surface area contributed by atoms with Gasteiger partial charge in [0, 0.05) is 22.9 Å². The minimum atomic E-state index is -1.34. The van der Waals surface area contributed by atoms with Gasteiger partial charge in [0.25, 0.3) is 0 Å². The van der Waals surface area contributed by atoms with E-state index in [0.29, 0.717) is 23.9 Å². The highest BCUT2D eigenvalue weighted by atomic mass is 32.2. The number of aromatic nitrogens is 1. The summed E-state index contributed by atoms with van der Waals surface area (Å²) in [4.78, 5) is 16.6. The molecule has 29 heavy (non-hydrogen) atoms. The maximum absolute atomic E-state index is 12.4. The first-order valence-electron chi connectivity index (χ1n) is 9.61. The molecule has 5 nitrogen and oxygen atoms in total. The minimum Gasteiger partial charge on any atom is -0.441 e. The average molecular weight is 411 g/mol. The monoisotopic (exact) mass is 410 g/mol. The van der Waals surface area contributed by atoms with Crippen LogP contribution in [0.15, 0.2) is 52.9 Å². The third-order valence-corrected chi connectivity index (χ3v) is 5.78. The van der Waals surface area contributed by atoms with Gasteiger partial charge in [-0.3, -0.25) is 9.00 Å². The third kappa shape index (κ3) is 6.12. The second-order valence-electron chi connectivity index (χ2n) is 7.21. The Balaban J connectivity index is 1.50. The summed E-state index contributed by atoms with van der Waals surface area (Å²) in [6, 6.07) is 16.1. The standard InChI is InChI=1S/C23H26N2O3S/c1-16-7-9-19(10-8-16)11-12-24-22(26)15-29(27)14-21-18(3)28-23(25-21)20-6-4-5-17(2)13-20/h4-10,13H,11-12,14-15H2,1-3H3,(H,24,26)/t29-/m0/s1. The summed E-state index contributed by atoms with van der Waals surface area (Å²) in [5, 5.41) is 2.84. The van der Waals surface area contributed by atoms with Crippen LogP contribution in [0.3, 0.4) is 0 Å². The van der Waals surface area contributed by atoms with Gasteiger partial charge in [0.05, 0.1) is 11.4 Å². The van der Waals surface area contributed by atoms with Crippen LogP contribution < -0.4 is 5.32 Å². The van der Waals surface area contributed by atoms with Gasteiger partial charge in [0.1, 0.15) is 11.5 Å². The quantitative estimate of drug-likeness (QED) is 0.612. The van der Waals surface area contributed by atoms with Crippen molar-refractivity contribution in [3.05, 3.63) is 76.7 Å². The van der Waals surface area contributed by atoms with E-state index in [-0.39, 0.29) is 17.4 Å². The van der Waals surface area contributed by atoms with Crippen molar-refractivity contribution in [2.45, 2.75) is 32.9 Å². The van der Waals surface area contributed by atoms with Gasteiger partial charge in [0.15, 0.2) is 0 Å². The molecule has 1 atom stereocenters. The summed E-state index contributed by atoms with van der Waals surface area (Å²) in [7, 11) is -1.34. The van der Waals surface area contributed by atoms with Gasteiger partial charge in [-0.25, -0.2) is 4.98 Å². The molecule has 2 aromatic carbocycles.